The molecule has 0 aliphatic carbocycles. The van der Waals surface area contributed by atoms with Crippen molar-refractivity contribution in [3.8, 4) is 0 Å². The van der Waals surface area contributed by atoms with Crippen molar-refractivity contribution in [3.05, 3.63) is 41.9 Å². The van der Waals surface area contributed by atoms with Gasteiger partial charge in [0.1, 0.15) is 12.5 Å². The van der Waals surface area contributed by atoms with Gasteiger partial charge < -0.3 is 19.8 Å². The van der Waals surface area contributed by atoms with Crippen LogP contribution in [0.5, 0.6) is 0 Å². The molecule has 0 fully saturated rings. The van der Waals surface area contributed by atoms with Gasteiger partial charge in [0.05, 0.1) is 6.61 Å². The molecule has 0 bridgehead atoms. The predicted molar refractivity (Wildman–Crippen MR) is 77.6 cm³/mol. The third-order valence-corrected chi connectivity index (χ3v) is 3.08. The first kappa shape index (κ1) is 15.4. The molecular formula is C15H23NO3. The normalized spacial score (nSPS) is 10.9. The SMILES string of the molecule is CCN(C)c1cc(CCO/C=C\O)ccc1CCO. The summed E-state index contributed by atoms with van der Waals surface area (Å²) in [6, 6.07) is 6.26. The predicted octanol–water partition coefficient (Wildman–Crippen LogP) is 2.27. The molecule has 0 aliphatic rings. The van der Waals surface area contributed by atoms with Gasteiger partial charge in [-0.25, -0.2) is 0 Å². The summed E-state index contributed by atoms with van der Waals surface area (Å²) in [7, 11) is 2.05. The highest BCUT2D eigenvalue weighted by molar-refractivity contribution is 5.55. The van der Waals surface area contributed by atoms with Crippen molar-refractivity contribution in [1.29, 1.82) is 0 Å². The van der Waals surface area contributed by atoms with Crippen molar-refractivity contribution >= 4 is 5.69 Å². The molecule has 106 valence electrons. The highest BCUT2D eigenvalue weighted by atomic mass is 16.5. The van der Waals surface area contributed by atoms with Crippen LogP contribution in [0.2, 0.25) is 0 Å². The smallest absolute Gasteiger partial charge is 0.117 e. The second-order valence-electron chi connectivity index (χ2n) is 4.36. The minimum absolute atomic E-state index is 0.161. The van der Waals surface area contributed by atoms with Crippen LogP contribution in [0.3, 0.4) is 0 Å². The fourth-order valence-corrected chi connectivity index (χ4v) is 1.91. The van der Waals surface area contributed by atoms with Crippen molar-refractivity contribution in [1.82, 2.24) is 0 Å². The van der Waals surface area contributed by atoms with Gasteiger partial charge in [0.25, 0.3) is 0 Å². The average Bonchev–Trinajstić information content (AvgIpc) is 2.44. The number of ether oxygens (including phenoxy) is 1. The van der Waals surface area contributed by atoms with Crippen molar-refractivity contribution < 1.29 is 14.9 Å². The zero-order valence-corrected chi connectivity index (χ0v) is 11.7. The van der Waals surface area contributed by atoms with Crippen LogP contribution in [0, 0.1) is 0 Å². The van der Waals surface area contributed by atoms with E-state index in [1.54, 1.807) is 0 Å². The van der Waals surface area contributed by atoms with Gasteiger partial charge in [-0.3, -0.25) is 0 Å². The first-order chi connectivity index (χ1) is 9.22. The van der Waals surface area contributed by atoms with Gasteiger partial charge in [0.15, 0.2) is 0 Å². The maximum absolute atomic E-state index is 9.10. The van der Waals surface area contributed by atoms with Crippen molar-refractivity contribution in [2.45, 2.75) is 19.8 Å². The quantitative estimate of drug-likeness (QED) is 0.559. The average molecular weight is 265 g/mol. The first-order valence-electron chi connectivity index (χ1n) is 6.57. The van der Waals surface area contributed by atoms with Crippen LogP contribution in [0.1, 0.15) is 18.1 Å². The van der Waals surface area contributed by atoms with Crippen molar-refractivity contribution in [2.24, 2.45) is 0 Å². The maximum atomic E-state index is 9.10. The lowest BCUT2D eigenvalue weighted by molar-refractivity contribution is 0.242. The number of aliphatic hydroxyl groups is 2. The molecule has 0 spiro atoms. The summed E-state index contributed by atoms with van der Waals surface area (Å²) < 4.78 is 5.11. The number of rotatable bonds is 8. The van der Waals surface area contributed by atoms with Crippen molar-refractivity contribution in [3.63, 3.8) is 0 Å². The third kappa shape index (κ3) is 4.83. The Morgan fingerprint density at radius 1 is 1.32 bits per heavy atom. The third-order valence-electron chi connectivity index (χ3n) is 3.08. The molecule has 0 amide bonds. The monoisotopic (exact) mass is 265 g/mol. The van der Waals surface area contributed by atoms with E-state index in [0.29, 0.717) is 13.0 Å². The fourth-order valence-electron chi connectivity index (χ4n) is 1.91. The van der Waals surface area contributed by atoms with E-state index in [9.17, 15) is 0 Å². The molecule has 4 heteroatoms. The molecule has 1 rings (SSSR count). The van der Waals surface area contributed by atoms with E-state index in [1.807, 2.05) is 7.05 Å². The largest absolute Gasteiger partial charge is 0.512 e. The van der Waals surface area contributed by atoms with Gasteiger partial charge in [-0.05, 0) is 30.5 Å². The summed E-state index contributed by atoms with van der Waals surface area (Å²) in [5.74, 6) is 0. The van der Waals surface area contributed by atoms with E-state index in [0.717, 1.165) is 30.5 Å². The van der Waals surface area contributed by atoms with E-state index in [1.165, 1.54) is 11.8 Å². The fraction of sp³-hybridized carbons (Fsp3) is 0.467. The molecule has 1 aromatic carbocycles. The van der Waals surface area contributed by atoms with Gasteiger partial charge in [-0.2, -0.15) is 0 Å². The Morgan fingerprint density at radius 3 is 2.74 bits per heavy atom. The number of hydrogen-bond donors (Lipinski definition) is 2. The van der Waals surface area contributed by atoms with Gasteiger partial charge in [0.2, 0.25) is 0 Å². The highest BCUT2D eigenvalue weighted by Gasteiger charge is 2.07. The molecule has 4 nitrogen and oxygen atoms in total. The molecule has 0 saturated heterocycles. The molecule has 0 heterocycles. The Balaban J connectivity index is 2.78. The topological polar surface area (TPSA) is 52.9 Å². The van der Waals surface area contributed by atoms with Crippen LogP contribution >= 0.6 is 0 Å². The van der Waals surface area contributed by atoms with Gasteiger partial charge >= 0.3 is 0 Å². The number of nitrogens with zero attached hydrogens (tertiary/aromatic N) is 1. The molecule has 0 saturated carbocycles. The Morgan fingerprint density at radius 2 is 2.11 bits per heavy atom. The first-order valence-corrected chi connectivity index (χ1v) is 6.57. The van der Waals surface area contributed by atoms with E-state index in [-0.39, 0.29) is 6.61 Å². The summed E-state index contributed by atoms with van der Waals surface area (Å²) in [5, 5.41) is 17.6. The van der Waals surface area contributed by atoms with Crippen LogP contribution in [0.4, 0.5) is 5.69 Å². The molecule has 1 aromatic rings. The lowest BCUT2D eigenvalue weighted by atomic mass is 10.0. The standard InChI is InChI=1S/C15H23NO3/c1-3-16(2)15-12-13(7-10-19-11-9-18)4-5-14(15)6-8-17/h4-5,9,11-12,17-18H,3,6-8,10H2,1-2H3/b11-9-. The number of aliphatic hydroxyl groups excluding tert-OH is 2. The highest BCUT2D eigenvalue weighted by Crippen LogP contribution is 2.22. The molecule has 0 unspecified atom stereocenters. The zero-order valence-electron chi connectivity index (χ0n) is 11.7. The summed E-state index contributed by atoms with van der Waals surface area (Å²) in [4.78, 5) is 2.17. The van der Waals surface area contributed by atoms with E-state index < -0.39 is 0 Å². The summed E-state index contributed by atoms with van der Waals surface area (Å²) in [6.07, 6.45) is 3.62. The maximum Gasteiger partial charge on any atom is 0.117 e. The molecule has 0 aliphatic heterocycles. The summed E-state index contributed by atoms with van der Waals surface area (Å²) >= 11 is 0. The number of hydrogen-bond acceptors (Lipinski definition) is 4. The zero-order chi connectivity index (χ0) is 14.1. The minimum atomic E-state index is 0.161. The summed E-state index contributed by atoms with van der Waals surface area (Å²) in [6.45, 7) is 3.72. The molecule has 0 radical (unpaired) electrons. The van der Waals surface area contributed by atoms with E-state index >= 15 is 0 Å². The molecular weight excluding hydrogens is 242 g/mol. The van der Waals surface area contributed by atoms with Crippen molar-refractivity contribution in [2.75, 3.05) is 31.7 Å². The Kier molecular flexibility index (Phi) is 6.82. The minimum Gasteiger partial charge on any atom is -0.512 e. The molecule has 0 aromatic heterocycles. The number of anilines is 1. The van der Waals surface area contributed by atoms with Gasteiger partial charge in [0, 0.05) is 32.3 Å². The van der Waals surface area contributed by atoms with E-state index in [2.05, 4.69) is 30.0 Å². The van der Waals surface area contributed by atoms with Crippen LogP contribution < -0.4 is 4.90 Å². The van der Waals surface area contributed by atoms with Gasteiger partial charge in [-0.15, -0.1) is 0 Å². The Hall–Kier alpha value is -1.68. The van der Waals surface area contributed by atoms with Crippen LogP contribution in [0.25, 0.3) is 0 Å². The number of benzene rings is 1. The second-order valence-corrected chi connectivity index (χ2v) is 4.36. The van der Waals surface area contributed by atoms with Crippen LogP contribution in [-0.4, -0.2) is 37.0 Å². The van der Waals surface area contributed by atoms with Crippen LogP contribution in [-0.2, 0) is 17.6 Å². The Labute approximate surface area is 114 Å². The molecule has 0 atom stereocenters. The van der Waals surface area contributed by atoms with Crippen LogP contribution in [0.15, 0.2) is 30.7 Å². The molecule has 2 N–H and O–H groups in total. The lowest BCUT2D eigenvalue weighted by Gasteiger charge is -2.21. The van der Waals surface area contributed by atoms with Gasteiger partial charge in [-0.1, -0.05) is 12.1 Å². The Bertz CT molecular complexity index is 404. The second kappa shape index (κ2) is 8.43. The molecule has 19 heavy (non-hydrogen) atoms. The summed E-state index contributed by atoms with van der Waals surface area (Å²) in [5.41, 5.74) is 3.50. The van der Waals surface area contributed by atoms with E-state index in [4.69, 9.17) is 14.9 Å². The lowest BCUT2D eigenvalue weighted by Crippen LogP contribution is -2.18.